The standard InChI is InChI=1S/C19H15F2N5O/c1-12-3-2-4-13(9-12)11-26-8-7-23-17(26)15-10-14(5-6-22-15)18-24-25-19(27-18)16(20)21/h2-10,16H,11H2,1H3. The summed E-state index contributed by atoms with van der Waals surface area (Å²) >= 11 is 0. The maximum atomic E-state index is 12.7. The number of hydrogen-bond donors (Lipinski definition) is 0. The normalized spacial score (nSPS) is 11.3. The Kier molecular flexibility index (Phi) is 4.45. The molecule has 1 aromatic carbocycles. The number of halogens is 2. The molecule has 4 aromatic rings. The van der Waals surface area contributed by atoms with Crippen LogP contribution in [0.5, 0.6) is 0 Å². The summed E-state index contributed by atoms with van der Waals surface area (Å²) in [5, 5.41) is 7.04. The molecular formula is C19H15F2N5O. The van der Waals surface area contributed by atoms with Crippen LogP contribution in [0.2, 0.25) is 0 Å². The third-order valence-electron chi connectivity index (χ3n) is 4.01. The number of aryl methyl sites for hydroxylation is 1. The smallest absolute Gasteiger partial charge is 0.314 e. The van der Waals surface area contributed by atoms with Crippen molar-refractivity contribution < 1.29 is 13.2 Å². The molecule has 0 atom stereocenters. The number of pyridine rings is 1. The number of aromatic nitrogens is 5. The maximum Gasteiger partial charge on any atom is 0.314 e. The zero-order valence-corrected chi connectivity index (χ0v) is 14.4. The Bertz CT molecular complexity index is 1070. The van der Waals surface area contributed by atoms with Crippen LogP contribution in [0, 0.1) is 6.92 Å². The Hall–Kier alpha value is -3.42. The van der Waals surface area contributed by atoms with Crippen molar-refractivity contribution in [3.8, 4) is 23.0 Å². The summed E-state index contributed by atoms with van der Waals surface area (Å²) < 4.78 is 32.3. The molecule has 0 bridgehead atoms. The van der Waals surface area contributed by atoms with E-state index in [1.807, 2.05) is 35.9 Å². The first-order valence-electron chi connectivity index (χ1n) is 8.25. The molecular weight excluding hydrogens is 352 g/mol. The molecule has 0 radical (unpaired) electrons. The zero-order chi connectivity index (χ0) is 18.8. The zero-order valence-electron chi connectivity index (χ0n) is 14.4. The van der Waals surface area contributed by atoms with Crippen molar-refractivity contribution in [3.63, 3.8) is 0 Å². The molecule has 3 aromatic heterocycles. The highest BCUT2D eigenvalue weighted by atomic mass is 19.3. The van der Waals surface area contributed by atoms with Gasteiger partial charge in [-0.3, -0.25) is 4.98 Å². The molecule has 0 aliphatic heterocycles. The largest absolute Gasteiger partial charge is 0.415 e. The molecule has 0 fully saturated rings. The van der Waals surface area contributed by atoms with Gasteiger partial charge < -0.3 is 8.98 Å². The molecule has 8 heteroatoms. The lowest BCUT2D eigenvalue weighted by molar-refractivity contribution is 0.116. The third-order valence-corrected chi connectivity index (χ3v) is 4.01. The predicted octanol–water partition coefficient (Wildman–Crippen LogP) is 4.29. The Morgan fingerprint density at radius 1 is 1.07 bits per heavy atom. The van der Waals surface area contributed by atoms with Crippen LogP contribution in [-0.4, -0.2) is 24.7 Å². The molecule has 0 unspecified atom stereocenters. The third kappa shape index (κ3) is 3.59. The van der Waals surface area contributed by atoms with Gasteiger partial charge in [-0.1, -0.05) is 29.8 Å². The second-order valence-electron chi connectivity index (χ2n) is 6.04. The van der Waals surface area contributed by atoms with Crippen molar-refractivity contribution in [3.05, 3.63) is 72.0 Å². The fraction of sp³-hybridized carbons (Fsp3) is 0.158. The van der Waals surface area contributed by atoms with Crippen molar-refractivity contribution in [2.24, 2.45) is 0 Å². The Morgan fingerprint density at radius 3 is 2.74 bits per heavy atom. The van der Waals surface area contributed by atoms with Crippen LogP contribution in [-0.2, 0) is 6.54 Å². The van der Waals surface area contributed by atoms with Crippen molar-refractivity contribution in [2.75, 3.05) is 0 Å². The van der Waals surface area contributed by atoms with E-state index in [4.69, 9.17) is 4.42 Å². The van der Waals surface area contributed by atoms with Gasteiger partial charge in [0.2, 0.25) is 5.89 Å². The SMILES string of the molecule is Cc1cccc(Cn2ccnc2-c2cc(-c3nnc(C(F)F)o3)ccn2)c1. The van der Waals surface area contributed by atoms with Gasteiger partial charge in [0.1, 0.15) is 5.69 Å². The van der Waals surface area contributed by atoms with Gasteiger partial charge in [0.15, 0.2) is 5.82 Å². The highest BCUT2D eigenvalue weighted by molar-refractivity contribution is 5.61. The number of rotatable bonds is 5. The van der Waals surface area contributed by atoms with Crippen molar-refractivity contribution in [1.82, 2.24) is 24.7 Å². The number of imidazole rings is 1. The topological polar surface area (TPSA) is 69.6 Å². The molecule has 0 aliphatic rings. The summed E-state index contributed by atoms with van der Waals surface area (Å²) in [6.07, 6.45) is 2.32. The lowest BCUT2D eigenvalue weighted by atomic mass is 10.1. The van der Waals surface area contributed by atoms with Crippen LogP contribution in [0.1, 0.15) is 23.4 Å². The first-order chi connectivity index (χ1) is 13.1. The molecule has 4 rings (SSSR count). The van der Waals surface area contributed by atoms with E-state index >= 15 is 0 Å². The lowest BCUT2D eigenvalue weighted by Gasteiger charge is -2.09. The van der Waals surface area contributed by atoms with Gasteiger partial charge in [0, 0.05) is 30.7 Å². The molecule has 0 saturated heterocycles. The molecule has 136 valence electrons. The molecule has 0 spiro atoms. The molecule has 27 heavy (non-hydrogen) atoms. The van der Waals surface area contributed by atoms with Gasteiger partial charge in [-0.2, -0.15) is 8.78 Å². The van der Waals surface area contributed by atoms with Gasteiger partial charge in [-0.25, -0.2) is 4.98 Å². The van der Waals surface area contributed by atoms with E-state index in [0.717, 1.165) is 5.56 Å². The summed E-state index contributed by atoms with van der Waals surface area (Å²) in [6, 6.07) is 11.5. The van der Waals surface area contributed by atoms with E-state index in [-0.39, 0.29) is 5.89 Å². The van der Waals surface area contributed by atoms with Crippen molar-refractivity contribution >= 4 is 0 Å². The quantitative estimate of drug-likeness (QED) is 0.526. The van der Waals surface area contributed by atoms with Crippen LogP contribution >= 0.6 is 0 Å². The van der Waals surface area contributed by atoms with E-state index < -0.39 is 12.3 Å². The molecule has 0 amide bonds. The second kappa shape index (κ2) is 7.06. The summed E-state index contributed by atoms with van der Waals surface area (Å²) in [7, 11) is 0. The van der Waals surface area contributed by atoms with E-state index in [2.05, 4.69) is 26.2 Å². The molecule has 0 aliphatic carbocycles. The summed E-state index contributed by atoms with van der Waals surface area (Å²) in [4.78, 5) is 8.73. The van der Waals surface area contributed by atoms with E-state index in [1.54, 1.807) is 24.5 Å². The minimum atomic E-state index is -2.80. The van der Waals surface area contributed by atoms with Crippen molar-refractivity contribution in [1.29, 1.82) is 0 Å². The molecule has 0 saturated carbocycles. The van der Waals surface area contributed by atoms with E-state index in [1.165, 1.54) is 5.56 Å². The average molecular weight is 367 g/mol. The second-order valence-corrected chi connectivity index (χ2v) is 6.04. The Morgan fingerprint density at radius 2 is 1.96 bits per heavy atom. The number of hydrogen-bond acceptors (Lipinski definition) is 5. The van der Waals surface area contributed by atoms with E-state index in [9.17, 15) is 8.78 Å². The fourth-order valence-electron chi connectivity index (χ4n) is 2.80. The summed E-state index contributed by atoms with van der Waals surface area (Å²) in [5.41, 5.74) is 3.41. The highest BCUT2D eigenvalue weighted by Crippen LogP contribution is 2.26. The molecule has 6 nitrogen and oxygen atoms in total. The van der Waals surface area contributed by atoms with Crippen molar-refractivity contribution in [2.45, 2.75) is 19.9 Å². The Balaban J connectivity index is 1.66. The molecule has 3 heterocycles. The minimum Gasteiger partial charge on any atom is -0.415 e. The van der Waals surface area contributed by atoms with Gasteiger partial charge >= 0.3 is 6.43 Å². The van der Waals surface area contributed by atoms with Crippen LogP contribution in [0.4, 0.5) is 8.78 Å². The minimum absolute atomic E-state index is 0.0192. The average Bonchev–Trinajstić information content (AvgIpc) is 3.31. The highest BCUT2D eigenvalue weighted by Gasteiger charge is 2.18. The number of benzene rings is 1. The molecule has 0 N–H and O–H groups in total. The maximum absolute atomic E-state index is 12.7. The lowest BCUT2D eigenvalue weighted by Crippen LogP contribution is -2.02. The van der Waals surface area contributed by atoms with Gasteiger partial charge in [0.25, 0.3) is 5.89 Å². The first-order valence-corrected chi connectivity index (χ1v) is 8.25. The summed E-state index contributed by atoms with van der Waals surface area (Å²) in [5.74, 6) is -0.0259. The Labute approximate surface area is 153 Å². The number of alkyl halides is 2. The van der Waals surface area contributed by atoms with Crippen LogP contribution in [0.15, 0.2) is 59.4 Å². The summed E-state index contributed by atoms with van der Waals surface area (Å²) in [6.45, 7) is 2.68. The monoisotopic (exact) mass is 367 g/mol. The van der Waals surface area contributed by atoms with Crippen LogP contribution in [0.3, 0.4) is 0 Å². The van der Waals surface area contributed by atoms with Gasteiger partial charge in [-0.15, -0.1) is 10.2 Å². The predicted molar refractivity (Wildman–Crippen MR) is 94.0 cm³/mol. The fourth-order valence-corrected chi connectivity index (χ4v) is 2.80. The first kappa shape index (κ1) is 17.0. The van der Waals surface area contributed by atoms with Gasteiger partial charge in [-0.05, 0) is 24.6 Å². The van der Waals surface area contributed by atoms with Crippen LogP contribution < -0.4 is 0 Å². The van der Waals surface area contributed by atoms with Gasteiger partial charge in [0.05, 0.1) is 0 Å². The van der Waals surface area contributed by atoms with Crippen LogP contribution in [0.25, 0.3) is 23.0 Å². The van der Waals surface area contributed by atoms with E-state index in [0.29, 0.717) is 23.6 Å². The number of nitrogens with zero attached hydrogens (tertiary/aromatic N) is 5.